The zero-order chi connectivity index (χ0) is 8.55. The maximum atomic E-state index is 11.2. The highest BCUT2D eigenvalue weighted by atomic mass is 16.5. The minimum Gasteiger partial charge on any atom is -0.383 e. The average Bonchev–Trinajstić information content (AvgIpc) is 2.48. The van der Waals surface area contributed by atoms with Gasteiger partial charge in [-0.25, -0.2) is 0 Å². The number of aromatic nitrogens is 1. The Morgan fingerprint density at radius 2 is 2.50 bits per heavy atom. The van der Waals surface area contributed by atoms with Crippen molar-refractivity contribution in [1.82, 2.24) is 5.16 Å². The Kier molecular flexibility index (Phi) is 1.77. The molecule has 4 heteroatoms. The van der Waals surface area contributed by atoms with E-state index in [9.17, 15) is 4.79 Å². The molecule has 3 N–H and O–H groups in total. The quantitative estimate of drug-likeness (QED) is 0.635. The molecule has 1 aromatic rings. The van der Waals surface area contributed by atoms with Crippen LogP contribution in [0.3, 0.4) is 0 Å². The van der Waals surface area contributed by atoms with E-state index < -0.39 is 0 Å². The Bertz CT molecular complexity index is 326. The summed E-state index contributed by atoms with van der Waals surface area (Å²) in [4.78, 5) is 11.2. The summed E-state index contributed by atoms with van der Waals surface area (Å²) in [5, 5.41) is 2.36. The highest BCUT2D eigenvalue weighted by Gasteiger charge is 2.25. The van der Waals surface area contributed by atoms with Crippen molar-refractivity contribution in [2.24, 2.45) is 5.73 Å². The summed E-state index contributed by atoms with van der Waals surface area (Å²) >= 11 is 0. The van der Waals surface area contributed by atoms with Crippen molar-refractivity contribution < 1.29 is 4.52 Å². The molecule has 1 atom stereocenters. The van der Waals surface area contributed by atoms with E-state index in [2.05, 4.69) is 5.16 Å². The minimum absolute atomic E-state index is 0.0971. The summed E-state index contributed by atoms with van der Waals surface area (Å²) in [5.41, 5.74) is 6.24. The van der Waals surface area contributed by atoms with Gasteiger partial charge in [0.25, 0.3) is 5.56 Å². The summed E-state index contributed by atoms with van der Waals surface area (Å²) in [6.45, 7) is 0.537. The predicted octanol–water partition coefficient (Wildman–Crippen LogP) is 0.347. The molecule has 12 heavy (non-hydrogen) atoms. The van der Waals surface area contributed by atoms with Gasteiger partial charge >= 0.3 is 0 Å². The number of aromatic amines is 1. The van der Waals surface area contributed by atoms with Gasteiger partial charge in [-0.3, -0.25) is 4.79 Å². The maximum Gasteiger partial charge on any atom is 0.283 e. The molecule has 0 radical (unpaired) electrons. The van der Waals surface area contributed by atoms with Crippen molar-refractivity contribution in [3.05, 3.63) is 21.7 Å². The van der Waals surface area contributed by atoms with Gasteiger partial charge in [-0.05, 0) is 19.4 Å². The Hall–Kier alpha value is -1.03. The Morgan fingerprint density at radius 1 is 1.67 bits per heavy atom. The molecule has 0 saturated carbocycles. The second kappa shape index (κ2) is 2.79. The van der Waals surface area contributed by atoms with Crippen LogP contribution in [0.2, 0.25) is 0 Å². The van der Waals surface area contributed by atoms with Gasteiger partial charge in [0.15, 0.2) is 0 Å². The van der Waals surface area contributed by atoms with Crippen LogP contribution in [0.15, 0.2) is 9.32 Å². The van der Waals surface area contributed by atoms with Crippen molar-refractivity contribution in [3.63, 3.8) is 0 Å². The molecular weight excluding hydrogens is 156 g/mol. The first-order chi connectivity index (χ1) is 5.83. The van der Waals surface area contributed by atoms with Crippen LogP contribution in [-0.2, 0) is 6.42 Å². The molecule has 0 bridgehead atoms. The molecule has 2 rings (SSSR count). The number of nitrogens with two attached hydrogens (primary N) is 1. The van der Waals surface area contributed by atoms with Crippen molar-refractivity contribution in [2.45, 2.75) is 25.2 Å². The molecule has 1 unspecified atom stereocenters. The van der Waals surface area contributed by atoms with Crippen molar-refractivity contribution in [3.8, 4) is 0 Å². The molecule has 1 aliphatic carbocycles. The molecule has 4 nitrogen and oxygen atoms in total. The molecule has 1 aromatic heterocycles. The van der Waals surface area contributed by atoms with Crippen LogP contribution in [-0.4, -0.2) is 11.7 Å². The van der Waals surface area contributed by atoms with E-state index in [1.165, 1.54) is 0 Å². The number of aryl methyl sites for hydroxylation is 1. The van der Waals surface area contributed by atoms with Gasteiger partial charge in [0.05, 0.1) is 5.56 Å². The number of nitrogens with one attached hydrogen (secondary N) is 1. The van der Waals surface area contributed by atoms with Crippen LogP contribution in [0.4, 0.5) is 0 Å². The highest BCUT2D eigenvalue weighted by Crippen LogP contribution is 2.27. The summed E-state index contributed by atoms with van der Waals surface area (Å²) in [7, 11) is 0. The van der Waals surface area contributed by atoms with Gasteiger partial charge in [0, 0.05) is 12.3 Å². The molecule has 1 heterocycles. The second-order valence-electron chi connectivity index (χ2n) is 3.19. The molecule has 0 spiro atoms. The van der Waals surface area contributed by atoms with Crippen molar-refractivity contribution in [2.75, 3.05) is 6.54 Å². The lowest BCUT2D eigenvalue weighted by molar-refractivity contribution is 0.363. The summed E-state index contributed by atoms with van der Waals surface area (Å²) in [6, 6.07) is 0. The monoisotopic (exact) mass is 168 g/mol. The topological polar surface area (TPSA) is 72.0 Å². The third-order valence-corrected chi connectivity index (χ3v) is 2.46. The minimum atomic E-state index is -0.0971. The molecule has 0 fully saturated rings. The molecule has 0 saturated heterocycles. The van der Waals surface area contributed by atoms with Crippen molar-refractivity contribution in [1.29, 1.82) is 0 Å². The number of hydrogen-bond acceptors (Lipinski definition) is 3. The lowest BCUT2D eigenvalue weighted by Crippen LogP contribution is -2.22. The molecular formula is C8H12N2O2. The van der Waals surface area contributed by atoms with Gasteiger partial charge in [-0.15, -0.1) is 0 Å². The molecule has 0 amide bonds. The summed E-state index contributed by atoms with van der Waals surface area (Å²) in [6.07, 6.45) is 2.94. The van der Waals surface area contributed by atoms with E-state index in [1.807, 2.05) is 0 Å². The van der Waals surface area contributed by atoms with Gasteiger partial charge in [-0.2, -0.15) is 5.16 Å². The van der Waals surface area contributed by atoms with E-state index in [0.29, 0.717) is 6.54 Å². The van der Waals surface area contributed by atoms with Crippen LogP contribution in [0.25, 0.3) is 0 Å². The van der Waals surface area contributed by atoms with E-state index in [-0.39, 0.29) is 11.5 Å². The number of hydrogen-bond donors (Lipinski definition) is 2. The predicted molar refractivity (Wildman–Crippen MR) is 44.1 cm³/mol. The van der Waals surface area contributed by atoms with Gasteiger partial charge in [0.2, 0.25) is 0 Å². The fourth-order valence-corrected chi connectivity index (χ4v) is 1.83. The zero-order valence-electron chi connectivity index (χ0n) is 6.80. The largest absolute Gasteiger partial charge is 0.383 e. The van der Waals surface area contributed by atoms with Crippen LogP contribution < -0.4 is 11.3 Å². The van der Waals surface area contributed by atoms with E-state index in [1.54, 1.807) is 0 Å². The third kappa shape index (κ3) is 0.992. The number of rotatable bonds is 1. The van der Waals surface area contributed by atoms with Crippen LogP contribution in [0.5, 0.6) is 0 Å². The first kappa shape index (κ1) is 7.61. The molecule has 1 aliphatic rings. The van der Waals surface area contributed by atoms with Gasteiger partial charge < -0.3 is 10.3 Å². The molecule has 66 valence electrons. The van der Waals surface area contributed by atoms with Crippen LogP contribution in [0, 0.1) is 0 Å². The first-order valence-corrected chi connectivity index (χ1v) is 4.23. The Balaban J connectivity index is 2.48. The summed E-state index contributed by atoms with van der Waals surface area (Å²) in [5.74, 6) is 1.01. The van der Waals surface area contributed by atoms with Gasteiger partial charge in [0.1, 0.15) is 5.76 Å². The van der Waals surface area contributed by atoms with Crippen LogP contribution in [0.1, 0.15) is 30.1 Å². The molecule has 0 aromatic carbocycles. The van der Waals surface area contributed by atoms with Crippen molar-refractivity contribution >= 4 is 0 Å². The van der Waals surface area contributed by atoms with Gasteiger partial charge in [-0.1, -0.05) is 0 Å². The zero-order valence-corrected chi connectivity index (χ0v) is 6.80. The van der Waals surface area contributed by atoms with Crippen LogP contribution >= 0.6 is 0 Å². The van der Waals surface area contributed by atoms with E-state index in [4.69, 9.17) is 10.3 Å². The standard InChI is InChI=1S/C8H12N2O2/c9-4-5-2-1-3-6-7(5)8(11)10-12-6/h5H,1-4,9H2,(H,10,11). The number of H-pyrrole nitrogens is 1. The lowest BCUT2D eigenvalue weighted by Gasteiger charge is -2.17. The van der Waals surface area contributed by atoms with E-state index >= 15 is 0 Å². The SMILES string of the molecule is NCC1CCCc2o[nH]c(=O)c21. The summed E-state index contributed by atoms with van der Waals surface area (Å²) < 4.78 is 5.03. The average molecular weight is 168 g/mol. The second-order valence-corrected chi connectivity index (χ2v) is 3.19. The normalized spacial score (nSPS) is 22.2. The lowest BCUT2D eigenvalue weighted by atomic mass is 9.88. The Morgan fingerprint density at radius 3 is 3.25 bits per heavy atom. The maximum absolute atomic E-state index is 11.2. The smallest absolute Gasteiger partial charge is 0.283 e. The fraction of sp³-hybridized carbons (Fsp3) is 0.625. The fourth-order valence-electron chi connectivity index (χ4n) is 1.83. The molecule has 0 aliphatic heterocycles. The highest BCUT2D eigenvalue weighted by molar-refractivity contribution is 5.22. The number of fused-ring (bicyclic) bond motifs is 1. The van der Waals surface area contributed by atoms with E-state index in [0.717, 1.165) is 30.6 Å². The first-order valence-electron chi connectivity index (χ1n) is 4.23. The third-order valence-electron chi connectivity index (χ3n) is 2.46. The Labute approximate surface area is 69.7 Å².